The number of hydrogen-bond acceptors (Lipinski definition) is 2. The van der Waals surface area contributed by atoms with Crippen LogP contribution in [0.4, 0.5) is 4.39 Å². The van der Waals surface area contributed by atoms with Gasteiger partial charge >= 0.3 is 0 Å². The van der Waals surface area contributed by atoms with Gasteiger partial charge in [-0.25, -0.2) is 4.39 Å². The second-order valence-corrected chi connectivity index (χ2v) is 4.28. The van der Waals surface area contributed by atoms with Crippen molar-refractivity contribution in [3.63, 3.8) is 0 Å². The average molecular weight is 223 g/mol. The zero-order valence-corrected chi connectivity index (χ0v) is 9.79. The Morgan fingerprint density at radius 1 is 1.50 bits per heavy atom. The molecular formula is C13H18FNO. The molecule has 0 fully saturated rings. The number of hydrogen-bond donors (Lipinski definition) is 1. The highest BCUT2D eigenvalue weighted by molar-refractivity contribution is 5.96. The van der Waals surface area contributed by atoms with Crippen molar-refractivity contribution in [1.82, 2.24) is 0 Å². The normalized spacial score (nSPS) is 12.5. The molecule has 0 aliphatic heterocycles. The Bertz CT molecular complexity index is 374. The molecule has 1 rings (SSSR count). The monoisotopic (exact) mass is 223 g/mol. The van der Waals surface area contributed by atoms with Gasteiger partial charge in [0, 0.05) is 12.5 Å². The molecule has 0 aliphatic carbocycles. The fourth-order valence-corrected chi connectivity index (χ4v) is 1.57. The largest absolute Gasteiger partial charge is 0.328 e. The van der Waals surface area contributed by atoms with E-state index in [-0.39, 0.29) is 17.4 Å². The Morgan fingerprint density at radius 3 is 2.81 bits per heavy atom. The van der Waals surface area contributed by atoms with Crippen LogP contribution in [0.15, 0.2) is 18.2 Å². The number of carbonyl (C=O) groups excluding carboxylic acids is 1. The van der Waals surface area contributed by atoms with E-state index in [1.54, 1.807) is 12.1 Å². The zero-order valence-electron chi connectivity index (χ0n) is 9.79. The first-order chi connectivity index (χ1) is 7.50. The minimum absolute atomic E-state index is 0.0927. The second-order valence-electron chi connectivity index (χ2n) is 4.28. The van der Waals surface area contributed by atoms with Crippen LogP contribution in [0.2, 0.25) is 0 Å². The highest BCUT2D eigenvalue weighted by atomic mass is 19.1. The van der Waals surface area contributed by atoms with Crippen molar-refractivity contribution < 1.29 is 9.18 Å². The number of aryl methyl sites for hydroxylation is 1. The summed E-state index contributed by atoms with van der Waals surface area (Å²) in [6.07, 6.45) is 1.87. The summed E-state index contributed by atoms with van der Waals surface area (Å²) in [7, 11) is 0. The third-order valence-corrected chi connectivity index (χ3v) is 2.49. The number of ketones is 1. The van der Waals surface area contributed by atoms with E-state index in [9.17, 15) is 9.18 Å². The van der Waals surface area contributed by atoms with Gasteiger partial charge in [-0.3, -0.25) is 4.79 Å². The molecule has 2 N–H and O–H groups in total. The Labute approximate surface area is 95.7 Å². The highest BCUT2D eigenvalue weighted by Gasteiger charge is 2.11. The topological polar surface area (TPSA) is 43.1 Å². The maximum absolute atomic E-state index is 13.4. The van der Waals surface area contributed by atoms with Gasteiger partial charge in [-0.1, -0.05) is 11.6 Å². The first kappa shape index (κ1) is 12.8. The molecule has 1 aromatic rings. The van der Waals surface area contributed by atoms with E-state index in [1.165, 1.54) is 6.07 Å². The van der Waals surface area contributed by atoms with Gasteiger partial charge in [0.05, 0.1) is 5.56 Å². The standard InChI is InChI=1S/C13H18FNO/c1-9-6-7-12(14)11(8-9)13(16)5-3-4-10(2)15/h6-8,10H,3-5,15H2,1-2H3. The van der Waals surface area contributed by atoms with Crippen molar-refractivity contribution in [1.29, 1.82) is 0 Å². The van der Waals surface area contributed by atoms with E-state index in [1.807, 2.05) is 13.8 Å². The summed E-state index contributed by atoms with van der Waals surface area (Å²) in [6, 6.07) is 4.70. The summed E-state index contributed by atoms with van der Waals surface area (Å²) in [4.78, 5) is 11.7. The van der Waals surface area contributed by atoms with E-state index in [0.29, 0.717) is 12.8 Å². The summed E-state index contributed by atoms with van der Waals surface area (Å²) in [6.45, 7) is 3.75. The van der Waals surface area contributed by atoms with Crippen LogP contribution in [0.1, 0.15) is 42.1 Å². The van der Waals surface area contributed by atoms with Gasteiger partial charge in [0.1, 0.15) is 5.82 Å². The molecule has 0 radical (unpaired) electrons. The van der Waals surface area contributed by atoms with E-state index in [2.05, 4.69) is 0 Å². The Hall–Kier alpha value is -1.22. The number of Topliss-reactive ketones (excluding diaryl/α,β-unsaturated/α-hetero) is 1. The van der Waals surface area contributed by atoms with Crippen LogP contribution in [-0.2, 0) is 0 Å². The molecule has 3 heteroatoms. The summed E-state index contributed by atoms with van der Waals surface area (Å²) in [5.74, 6) is -0.571. The SMILES string of the molecule is Cc1ccc(F)c(C(=O)CCCC(C)N)c1. The van der Waals surface area contributed by atoms with Gasteiger partial charge in [-0.2, -0.15) is 0 Å². The van der Waals surface area contributed by atoms with Gasteiger partial charge in [0.2, 0.25) is 0 Å². The number of nitrogens with two attached hydrogens (primary N) is 1. The molecule has 0 saturated heterocycles. The first-order valence-electron chi connectivity index (χ1n) is 5.55. The Kier molecular flexibility index (Phi) is 4.62. The number of carbonyl (C=O) groups is 1. The number of rotatable bonds is 5. The molecule has 0 spiro atoms. The van der Waals surface area contributed by atoms with Crippen molar-refractivity contribution in [3.05, 3.63) is 35.1 Å². The van der Waals surface area contributed by atoms with Crippen molar-refractivity contribution in [3.8, 4) is 0 Å². The minimum Gasteiger partial charge on any atom is -0.328 e. The predicted octanol–water partition coefficient (Wildman–Crippen LogP) is 2.83. The molecule has 1 unspecified atom stereocenters. The van der Waals surface area contributed by atoms with Gasteiger partial charge < -0.3 is 5.73 Å². The van der Waals surface area contributed by atoms with Crippen molar-refractivity contribution in [2.24, 2.45) is 5.73 Å². The molecule has 0 aromatic heterocycles. The fraction of sp³-hybridized carbons (Fsp3) is 0.462. The highest BCUT2D eigenvalue weighted by Crippen LogP contribution is 2.14. The number of halogens is 1. The minimum atomic E-state index is -0.434. The third-order valence-electron chi connectivity index (χ3n) is 2.49. The lowest BCUT2D eigenvalue weighted by molar-refractivity contribution is 0.0975. The van der Waals surface area contributed by atoms with Crippen molar-refractivity contribution in [2.45, 2.75) is 39.2 Å². The molecule has 0 heterocycles. The molecular weight excluding hydrogens is 205 g/mol. The maximum Gasteiger partial charge on any atom is 0.165 e. The molecule has 1 aromatic carbocycles. The van der Waals surface area contributed by atoms with Gasteiger partial charge in [0.25, 0.3) is 0 Å². The average Bonchev–Trinajstić information content (AvgIpc) is 2.21. The van der Waals surface area contributed by atoms with Gasteiger partial charge in [-0.15, -0.1) is 0 Å². The van der Waals surface area contributed by atoms with Crippen LogP contribution in [-0.4, -0.2) is 11.8 Å². The van der Waals surface area contributed by atoms with Crippen LogP contribution < -0.4 is 5.73 Å². The van der Waals surface area contributed by atoms with Crippen LogP contribution in [0, 0.1) is 12.7 Å². The lowest BCUT2D eigenvalue weighted by Crippen LogP contribution is -2.15. The summed E-state index contributed by atoms with van der Waals surface area (Å²) < 4.78 is 13.4. The smallest absolute Gasteiger partial charge is 0.165 e. The summed E-state index contributed by atoms with van der Waals surface area (Å²) in [5.41, 5.74) is 6.68. The quantitative estimate of drug-likeness (QED) is 0.780. The second kappa shape index (κ2) is 5.75. The Morgan fingerprint density at radius 2 is 2.19 bits per heavy atom. The third kappa shape index (κ3) is 3.74. The van der Waals surface area contributed by atoms with Gasteiger partial charge in [0.15, 0.2) is 5.78 Å². The first-order valence-corrected chi connectivity index (χ1v) is 5.55. The van der Waals surface area contributed by atoms with Crippen molar-refractivity contribution >= 4 is 5.78 Å². The van der Waals surface area contributed by atoms with Crippen molar-refractivity contribution in [2.75, 3.05) is 0 Å². The van der Waals surface area contributed by atoms with E-state index >= 15 is 0 Å². The van der Waals surface area contributed by atoms with Crippen LogP contribution in [0.3, 0.4) is 0 Å². The molecule has 0 aliphatic rings. The predicted molar refractivity (Wildman–Crippen MR) is 63.0 cm³/mol. The lowest BCUT2D eigenvalue weighted by atomic mass is 10.0. The molecule has 16 heavy (non-hydrogen) atoms. The molecule has 0 amide bonds. The van der Waals surface area contributed by atoms with E-state index < -0.39 is 5.82 Å². The van der Waals surface area contributed by atoms with Crippen LogP contribution in [0.5, 0.6) is 0 Å². The van der Waals surface area contributed by atoms with Crippen LogP contribution >= 0.6 is 0 Å². The summed E-state index contributed by atoms with van der Waals surface area (Å²) >= 11 is 0. The number of benzene rings is 1. The maximum atomic E-state index is 13.4. The fourth-order valence-electron chi connectivity index (χ4n) is 1.57. The van der Waals surface area contributed by atoms with E-state index in [0.717, 1.165) is 12.0 Å². The van der Waals surface area contributed by atoms with Crippen LogP contribution in [0.25, 0.3) is 0 Å². The van der Waals surface area contributed by atoms with E-state index in [4.69, 9.17) is 5.73 Å². The molecule has 0 saturated carbocycles. The van der Waals surface area contributed by atoms with Gasteiger partial charge in [-0.05, 0) is 38.8 Å². The summed E-state index contributed by atoms with van der Waals surface area (Å²) in [5, 5.41) is 0. The molecule has 88 valence electrons. The molecule has 1 atom stereocenters. The molecule has 0 bridgehead atoms. The Balaban J connectivity index is 2.62. The zero-order chi connectivity index (χ0) is 12.1. The lowest BCUT2D eigenvalue weighted by Gasteiger charge is -2.05. The molecule has 2 nitrogen and oxygen atoms in total.